The maximum Gasteiger partial charge on any atom is 0.257 e. The molecule has 0 saturated carbocycles. The summed E-state index contributed by atoms with van der Waals surface area (Å²) in [6, 6.07) is 7.83. The van der Waals surface area contributed by atoms with Gasteiger partial charge in [0, 0.05) is 13.1 Å². The number of amides is 2. The number of hydrogen-bond acceptors (Lipinski definition) is 2. The van der Waals surface area contributed by atoms with E-state index >= 15 is 0 Å². The fraction of sp³-hybridized carbons (Fsp3) is 0.300. The molecule has 7 heteroatoms. The minimum Gasteiger partial charge on any atom is -0.352 e. The van der Waals surface area contributed by atoms with Crippen LogP contribution in [0.3, 0.4) is 0 Å². The smallest absolute Gasteiger partial charge is 0.257 e. The number of hydrogen-bond donors (Lipinski definition) is 1. The second kappa shape index (κ2) is 7.42. The van der Waals surface area contributed by atoms with Crippen molar-refractivity contribution >= 4 is 11.8 Å². The van der Waals surface area contributed by atoms with Gasteiger partial charge in [-0.15, -0.1) is 0 Å². The Balaban J connectivity index is 1.98. The Hall–Kier alpha value is -2.83. The topological polar surface area (TPSA) is 49.4 Å². The molecule has 0 spiro atoms. The molecule has 0 aromatic heterocycles. The summed E-state index contributed by atoms with van der Waals surface area (Å²) in [4.78, 5) is 26.4. The number of nitrogens with one attached hydrogen (secondary N) is 1. The average molecular weight is 376 g/mol. The minimum absolute atomic E-state index is 0.125. The monoisotopic (exact) mass is 376 g/mol. The summed E-state index contributed by atoms with van der Waals surface area (Å²) in [7, 11) is 0. The molecule has 2 aromatic rings. The number of piperazine rings is 1. The fourth-order valence-corrected chi connectivity index (χ4v) is 3.13. The van der Waals surface area contributed by atoms with Gasteiger partial charge in [-0.05, 0) is 29.2 Å². The van der Waals surface area contributed by atoms with E-state index in [1.54, 1.807) is 12.1 Å². The van der Waals surface area contributed by atoms with Crippen LogP contribution < -0.4 is 5.32 Å². The molecule has 1 saturated heterocycles. The van der Waals surface area contributed by atoms with Crippen molar-refractivity contribution in [3.8, 4) is 0 Å². The summed E-state index contributed by atoms with van der Waals surface area (Å²) in [5.41, 5.74) is 1.03. The largest absolute Gasteiger partial charge is 0.352 e. The van der Waals surface area contributed by atoms with Crippen LogP contribution in [0.1, 0.15) is 47.3 Å². The minimum atomic E-state index is -1.71. The van der Waals surface area contributed by atoms with Crippen LogP contribution in [0.25, 0.3) is 0 Å². The van der Waals surface area contributed by atoms with Crippen molar-refractivity contribution in [1.82, 2.24) is 10.2 Å². The second-order valence-corrected chi connectivity index (χ2v) is 6.74. The zero-order valence-corrected chi connectivity index (χ0v) is 14.9. The van der Waals surface area contributed by atoms with Crippen LogP contribution in [0, 0.1) is 17.5 Å². The molecule has 4 nitrogen and oxygen atoms in total. The van der Waals surface area contributed by atoms with E-state index < -0.39 is 40.9 Å². The van der Waals surface area contributed by atoms with Crippen LogP contribution in [-0.4, -0.2) is 29.8 Å². The van der Waals surface area contributed by atoms with Crippen molar-refractivity contribution in [3.63, 3.8) is 0 Å². The van der Waals surface area contributed by atoms with E-state index in [0.29, 0.717) is 17.5 Å². The van der Waals surface area contributed by atoms with E-state index in [2.05, 4.69) is 5.32 Å². The van der Waals surface area contributed by atoms with Crippen LogP contribution in [0.2, 0.25) is 0 Å². The quantitative estimate of drug-likeness (QED) is 0.833. The highest BCUT2D eigenvalue weighted by Gasteiger charge is 2.36. The summed E-state index contributed by atoms with van der Waals surface area (Å²) >= 11 is 0. The molecule has 1 aliphatic rings. The van der Waals surface area contributed by atoms with Crippen LogP contribution in [-0.2, 0) is 4.79 Å². The van der Waals surface area contributed by atoms with Crippen LogP contribution >= 0.6 is 0 Å². The number of rotatable bonds is 3. The van der Waals surface area contributed by atoms with E-state index in [1.165, 1.54) is 4.90 Å². The first-order valence-corrected chi connectivity index (χ1v) is 8.63. The lowest BCUT2D eigenvalue weighted by Crippen LogP contribution is -2.52. The Morgan fingerprint density at radius 3 is 2.37 bits per heavy atom. The van der Waals surface area contributed by atoms with E-state index in [1.807, 2.05) is 26.0 Å². The highest BCUT2D eigenvalue weighted by Crippen LogP contribution is 2.28. The van der Waals surface area contributed by atoms with Gasteiger partial charge in [-0.3, -0.25) is 9.59 Å². The Morgan fingerprint density at radius 1 is 1.07 bits per heavy atom. The number of halogens is 3. The third-order valence-corrected chi connectivity index (χ3v) is 4.66. The Labute approximate surface area is 155 Å². The molecule has 1 aliphatic heterocycles. The van der Waals surface area contributed by atoms with E-state index in [4.69, 9.17) is 0 Å². The molecule has 2 amide bonds. The first-order valence-electron chi connectivity index (χ1n) is 8.63. The van der Waals surface area contributed by atoms with Crippen molar-refractivity contribution in [2.75, 3.05) is 13.1 Å². The highest BCUT2D eigenvalue weighted by molar-refractivity contribution is 5.98. The summed E-state index contributed by atoms with van der Waals surface area (Å²) in [6.45, 7) is 4.38. The van der Waals surface area contributed by atoms with Crippen LogP contribution in [0.4, 0.5) is 13.2 Å². The lowest BCUT2D eigenvalue weighted by Gasteiger charge is -2.35. The van der Waals surface area contributed by atoms with E-state index in [0.717, 1.165) is 11.6 Å². The SMILES string of the molecule is CC(C)c1ccc(C2C(=O)NCCN2C(=O)c2ccc(F)c(F)c2F)cc1. The Bertz CT molecular complexity index is 882. The number of carbonyl (C=O) groups is 2. The first-order chi connectivity index (χ1) is 12.8. The maximum absolute atomic E-state index is 14.1. The first kappa shape index (κ1) is 18.9. The van der Waals surface area contributed by atoms with Gasteiger partial charge in [-0.25, -0.2) is 13.2 Å². The van der Waals surface area contributed by atoms with Crippen LogP contribution in [0.5, 0.6) is 0 Å². The summed E-state index contributed by atoms with van der Waals surface area (Å²) < 4.78 is 40.8. The highest BCUT2D eigenvalue weighted by atomic mass is 19.2. The maximum atomic E-state index is 14.1. The van der Waals surface area contributed by atoms with Gasteiger partial charge in [0.15, 0.2) is 17.5 Å². The van der Waals surface area contributed by atoms with E-state index in [-0.39, 0.29) is 13.1 Å². The predicted molar refractivity (Wildman–Crippen MR) is 93.6 cm³/mol. The number of carbonyl (C=O) groups excluding carboxylic acids is 2. The molecule has 142 valence electrons. The predicted octanol–water partition coefficient (Wildman–Crippen LogP) is 3.54. The molecular formula is C20H19F3N2O2. The zero-order valence-electron chi connectivity index (χ0n) is 14.9. The van der Waals surface area contributed by atoms with Crippen LogP contribution in [0.15, 0.2) is 36.4 Å². The van der Waals surface area contributed by atoms with Gasteiger partial charge in [0.25, 0.3) is 5.91 Å². The molecule has 0 bridgehead atoms. The van der Waals surface area contributed by atoms with Crippen molar-refractivity contribution in [3.05, 3.63) is 70.5 Å². The van der Waals surface area contributed by atoms with Crippen molar-refractivity contribution < 1.29 is 22.8 Å². The van der Waals surface area contributed by atoms with Gasteiger partial charge in [0.1, 0.15) is 6.04 Å². The van der Waals surface area contributed by atoms with Gasteiger partial charge < -0.3 is 10.2 Å². The standard InChI is InChI=1S/C20H19F3N2O2/c1-11(2)12-3-5-13(6-4-12)18-19(26)24-9-10-25(18)20(27)14-7-8-15(21)17(23)16(14)22/h3-8,11,18H,9-10H2,1-2H3,(H,24,26). The second-order valence-electron chi connectivity index (χ2n) is 6.74. The number of nitrogens with zero attached hydrogens (tertiary/aromatic N) is 1. The average Bonchev–Trinajstić information content (AvgIpc) is 2.65. The lowest BCUT2D eigenvalue weighted by atomic mass is 9.96. The molecule has 1 atom stereocenters. The van der Waals surface area contributed by atoms with Gasteiger partial charge in [-0.1, -0.05) is 38.1 Å². The summed E-state index contributed by atoms with van der Waals surface area (Å²) in [5, 5.41) is 2.68. The Kier molecular flexibility index (Phi) is 5.21. The zero-order chi connectivity index (χ0) is 19.7. The molecule has 1 fully saturated rings. The molecule has 27 heavy (non-hydrogen) atoms. The molecule has 1 heterocycles. The van der Waals surface area contributed by atoms with Gasteiger partial charge in [-0.2, -0.15) is 0 Å². The molecule has 2 aromatic carbocycles. The Morgan fingerprint density at radius 2 is 1.74 bits per heavy atom. The third-order valence-electron chi connectivity index (χ3n) is 4.66. The van der Waals surface area contributed by atoms with Crippen molar-refractivity contribution in [1.29, 1.82) is 0 Å². The molecule has 1 unspecified atom stereocenters. The number of benzene rings is 2. The molecule has 3 rings (SSSR count). The fourth-order valence-electron chi connectivity index (χ4n) is 3.13. The molecule has 0 aliphatic carbocycles. The van der Waals surface area contributed by atoms with Gasteiger partial charge >= 0.3 is 0 Å². The third kappa shape index (κ3) is 3.54. The van der Waals surface area contributed by atoms with Crippen molar-refractivity contribution in [2.45, 2.75) is 25.8 Å². The summed E-state index contributed by atoms with van der Waals surface area (Å²) in [5.74, 6) is -5.61. The molecular weight excluding hydrogens is 357 g/mol. The lowest BCUT2D eigenvalue weighted by molar-refractivity contribution is -0.128. The van der Waals surface area contributed by atoms with Crippen molar-refractivity contribution in [2.24, 2.45) is 0 Å². The normalized spacial score (nSPS) is 17.2. The molecule has 0 radical (unpaired) electrons. The molecule has 1 N–H and O–H groups in total. The van der Waals surface area contributed by atoms with Gasteiger partial charge in [0.05, 0.1) is 5.56 Å². The van der Waals surface area contributed by atoms with Gasteiger partial charge in [0.2, 0.25) is 5.91 Å². The summed E-state index contributed by atoms with van der Waals surface area (Å²) in [6.07, 6.45) is 0. The van der Waals surface area contributed by atoms with E-state index in [9.17, 15) is 22.8 Å².